The van der Waals surface area contributed by atoms with Crippen LogP contribution in [0.4, 0.5) is 4.79 Å². The third-order valence-corrected chi connectivity index (χ3v) is 3.24. The van der Waals surface area contributed by atoms with Gasteiger partial charge >= 0.3 is 6.09 Å². The summed E-state index contributed by atoms with van der Waals surface area (Å²) in [6, 6.07) is 0.143. The highest BCUT2D eigenvalue weighted by atomic mass is 16.6. The highest BCUT2D eigenvalue weighted by Crippen LogP contribution is 2.27. The van der Waals surface area contributed by atoms with Crippen LogP contribution in [0, 0.1) is 5.92 Å². The molecule has 2 unspecified atom stereocenters. The van der Waals surface area contributed by atoms with Crippen molar-refractivity contribution in [3.05, 3.63) is 0 Å². The van der Waals surface area contributed by atoms with Gasteiger partial charge in [-0.15, -0.1) is 0 Å². The molecule has 2 atom stereocenters. The van der Waals surface area contributed by atoms with Crippen LogP contribution in [0.5, 0.6) is 0 Å². The van der Waals surface area contributed by atoms with E-state index in [1.807, 2.05) is 25.7 Å². The average molecular weight is 257 g/mol. The molecule has 1 saturated heterocycles. The van der Waals surface area contributed by atoms with Gasteiger partial charge in [-0.05, 0) is 39.5 Å². The lowest BCUT2D eigenvalue weighted by Gasteiger charge is -2.34. The number of carbonyl (C=O) groups is 1. The zero-order valence-electron chi connectivity index (χ0n) is 12.5. The fourth-order valence-corrected chi connectivity index (χ4v) is 2.55. The summed E-state index contributed by atoms with van der Waals surface area (Å²) in [5.41, 5.74) is -0.440. The van der Waals surface area contributed by atoms with Crippen LogP contribution in [0.15, 0.2) is 0 Å². The van der Waals surface area contributed by atoms with Crippen LogP contribution < -0.4 is 0 Å². The van der Waals surface area contributed by atoms with E-state index in [1.54, 1.807) is 7.11 Å². The molecular formula is C14H27NO3. The van der Waals surface area contributed by atoms with Crippen LogP contribution >= 0.6 is 0 Å². The van der Waals surface area contributed by atoms with E-state index in [9.17, 15) is 4.79 Å². The molecule has 0 aromatic rings. The fraction of sp³-hybridized carbons (Fsp3) is 0.929. The summed E-state index contributed by atoms with van der Waals surface area (Å²) in [4.78, 5) is 14.0. The molecule has 0 aromatic heterocycles. The summed E-state index contributed by atoms with van der Waals surface area (Å²) in [7, 11) is 1.72. The van der Waals surface area contributed by atoms with Gasteiger partial charge < -0.3 is 14.4 Å². The van der Waals surface area contributed by atoms with Gasteiger partial charge in [0.05, 0.1) is 12.1 Å². The van der Waals surface area contributed by atoms with E-state index in [0.29, 0.717) is 5.92 Å². The van der Waals surface area contributed by atoms with E-state index in [2.05, 4.69) is 13.8 Å². The minimum atomic E-state index is -0.440. The lowest BCUT2D eigenvalue weighted by Crippen LogP contribution is -2.47. The van der Waals surface area contributed by atoms with Crippen molar-refractivity contribution in [2.24, 2.45) is 5.92 Å². The Morgan fingerprint density at radius 3 is 2.39 bits per heavy atom. The normalized spacial score (nSPS) is 22.4. The second kappa shape index (κ2) is 5.91. The smallest absolute Gasteiger partial charge is 0.410 e. The number of hydrogen-bond donors (Lipinski definition) is 0. The Kier molecular flexibility index (Phi) is 5.02. The molecule has 0 aliphatic carbocycles. The van der Waals surface area contributed by atoms with Crippen molar-refractivity contribution in [2.45, 2.75) is 65.2 Å². The minimum absolute atomic E-state index is 0.0834. The number of likely N-dealkylation sites (tertiary alicyclic amines) is 1. The average Bonchev–Trinajstić information content (AvgIpc) is 2.64. The van der Waals surface area contributed by atoms with Crippen LogP contribution in [0.1, 0.15) is 47.5 Å². The number of carbonyl (C=O) groups excluding carboxylic acids is 1. The maximum absolute atomic E-state index is 12.2. The number of rotatable bonds is 3. The van der Waals surface area contributed by atoms with Gasteiger partial charge in [0.15, 0.2) is 0 Å². The van der Waals surface area contributed by atoms with Crippen molar-refractivity contribution in [3.8, 4) is 0 Å². The Morgan fingerprint density at radius 2 is 1.94 bits per heavy atom. The van der Waals surface area contributed by atoms with Gasteiger partial charge in [-0.3, -0.25) is 0 Å². The quantitative estimate of drug-likeness (QED) is 0.780. The van der Waals surface area contributed by atoms with Crippen LogP contribution in [0.25, 0.3) is 0 Å². The van der Waals surface area contributed by atoms with E-state index in [0.717, 1.165) is 19.4 Å². The van der Waals surface area contributed by atoms with Gasteiger partial charge in [0, 0.05) is 13.7 Å². The van der Waals surface area contributed by atoms with Crippen LogP contribution in [0.2, 0.25) is 0 Å². The second-order valence-electron chi connectivity index (χ2n) is 6.33. The summed E-state index contributed by atoms with van der Waals surface area (Å²) in [5, 5.41) is 0. The third-order valence-electron chi connectivity index (χ3n) is 3.24. The topological polar surface area (TPSA) is 38.8 Å². The lowest BCUT2D eigenvalue weighted by atomic mass is 9.97. The Labute approximate surface area is 111 Å². The van der Waals surface area contributed by atoms with Crippen molar-refractivity contribution < 1.29 is 14.3 Å². The maximum Gasteiger partial charge on any atom is 0.410 e. The molecule has 1 amide bonds. The van der Waals surface area contributed by atoms with Crippen molar-refractivity contribution in [1.29, 1.82) is 0 Å². The summed E-state index contributed by atoms with van der Waals surface area (Å²) < 4.78 is 11.0. The highest BCUT2D eigenvalue weighted by molar-refractivity contribution is 5.69. The summed E-state index contributed by atoms with van der Waals surface area (Å²) in [6.07, 6.45) is 1.89. The molecule has 4 nitrogen and oxygen atoms in total. The molecule has 106 valence electrons. The Bertz CT molecular complexity index is 283. The Hall–Kier alpha value is -0.770. The predicted molar refractivity (Wildman–Crippen MR) is 71.6 cm³/mol. The van der Waals surface area contributed by atoms with Crippen molar-refractivity contribution in [1.82, 2.24) is 4.90 Å². The molecule has 0 aromatic carbocycles. The summed E-state index contributed by atoms with van der Waals surface area (Å²) in [5.74, 6) is 0.392. The monoisotopic (exact) mass is 257 g/mol. The van der Waals surface area contributed by atoms with Crippen molar-refractivity contribution in [2.75, 3.05) is 13.7 Å². The third kappa shape index (κ3) is 3.87. The molecule has 1 rings (SSSR count). The number of amides is 1. The lowest BCUT2D eigenvalue weighted by molar-refractivity contribution is -0.0192. The molecule has 0 spiro atoms. The molecular weight excluding hydrogens is 230 g/mol. The standard InChI is InChI=1S/C14H27NO3/c1-10(2)12(17-6)11-8-7-9-15(11)13(16)18-14(3,4)5/h10-12H,7-9H2,1-6H3. The minimum Gasteiger partial charge on any atom is -0.444 e. The zero-order chi connectivity index (χ0) is 13.9. The molecule has 0 radical (unpaired) electrons. The van der Waals surface area contributed by atoms with E-state index in [4.69, 9.17) is 9.47 Å². The number of methoxy groups -OCH3 is 1. The number of nitrogens with zero attached hydrogens (tertiary/aromatic N) is 1. The first-order valence-electron chi connectivity index (χ1n) is 6.78. The first-order chi connectivity index (χ1) is 8.26. The first kappa shape index (κ1) is 15.3. The van der Waals surface area contributed by atoms with Gasteiger partial charge in [0.1, 0.15) is 5.60 Å². The molecule has 1 aliphatic rings. The number of ether oxygens (including phenoxy) is 2. The summed E-state index contributed by atoms with van der Waals surface area (Å²) in [6.45, 7) is 10.7. The second-order valence-corrected chi connectivity index (χ2v) is 6.33. The van der Waals surface area contributed by atoms with E-state index in [-0.39, 0.29) is 18.2 Å². The van der Waals surface area contributed by atoms with Crippen LogP contribution in [-0.4, -0.2) is 42.4 Å². The maximum atomic E-state index is 12.2. The molecule has 1 heterocycles. The van der Waals surface area contributed by atoms with Crippen molar-refractivity contribution in [3.63, 3.8) is 0 Å². The Balaban J connectivity index is 2.72. The molecule has 0 N–H and O–H groups in total. The summed E-state index contributed by atoms with van der Waals surface area (Å²) >= 11 is 0. The van der Waals surface area contributed by atoms with Crippen LogP contribution in [-0.2, 0) is 9.47 Å². The molecule has 0 saturated carbocycles. The highest BCUT2D eigenvalue weighted by Gasteiger charge is 2.38. The van der Waals surface area contributed by atoms with E-state index >= 15 is 0 Å². The fourth-order valence-electron chi connectivity index (χ4n) is 2.55. The van der Waals surface area contributed by atoms with E-state index < -0.39 is 5.60 Å². The largest absolute Gasteiger partial charge is 0.444 e. The van der Waals surface area contributed by atoms with Gasteiger partial charge in [-0.2, -0.15) is 0 Å². The first-order valence-corrected chi connectivity index (χ1v) is 6.78. The predicted octanol–water partition coefficient (Wildman–Crippen LogP) is 3.06. The van der Waals surface area contributed by atoms with Gasteiger partial charge in [0.2, 0.25) is 0 Å². The molecule has 4 heteroatoms. The Morgan fingerprint density at radius 1 is 1.33 bits per heavy atom. The molecule has 0 bridgehead atoms. The van der Waals surface area contributed by atoms with E-state index in [1.165, 1.54) is 0 Å². The zero-order valence-corrected chi connectivity index (χ0v) is 12.5. The molecule has 1 fully saturated rings. The van der Waals surface area contributed by atoms with Crippen molar-refractivity contribution >= 4 is 6.09 Å². The van der Waals surface area contributed by atoms with Crippen LogP contribution in [0.3, 0.4) is 0 Å². The SMILES string of the molecule is COC(C(C)C)C1CCCN1C(=O)OC(C)(C)C. The van der Waals surface area contributed by atoms with Gasteiger partial charge in [-0.1, -0.05) is 13.8 Å². The number of hydrogen-bond acceptors (Lipinski definition) is 3. The molecule has 18 heavy (non-hydrogen) atoms. The van der Waals surface area contributed by atoms with Gasteiger partial charge in [0.25, 0.3) is 0 Å². The molecule has 1 aliphatic heterocycles. The van der Waals surface area contributed by atoms with Gasteiger partial charge in [-0.25, -0.2) is 4.79 Å².